The third-order valence-electron chi connectivity index (χ3n) is 4.06. The van der Waals surface area contributed by atoms with Crippen molar-refractivity contribution in [1.82, 2.24) is 10.3 Å². The van der Waals surface area contributed by atoms with Crippen LogP contribution in [0, 0.1) is 5.92 Å². The Bertz CT molecular complexity index is 798. The highest BCUT2D eigenvalue weighted by Crippen LogP contribution is 2.30. The van der Waals surface area contributed by atoms with Crippen LogP contribution in [0.3, 0.4) is 0 Å². The average Bonchev–Trinajstić information content (AvgIpc) is 3.41. The number of anilines is 1. The standard InChI is InChI=1S/C18H21N3O5/c1-24-14-6-3-11(9-15(14)25-2)7-8-19-17(23)13-10-26-18(20-13)21-16(22)12-4-5-12/h3,6,9-10,12H,4-5,7-8H2,1-2H3,(H,19,23)(H,20,21,22). The Morgan fingerprint density at radius 1 is 1.23 bits per heavy atom. The summed E-state index contributed by atoms with van der Waals surface area (Å²) in [7, 11) is 3.16. The summed E-state index contributed by atoms with van der Waals surface area (Å²) in [4.78, 5) is 27.8. The molecule has 1 aromatic heterocycles. The second-order valence-electron chi connectivity index (χ2n) is 6.00. The van der Waals surface area contributed by atoms with E-state index in [1.165, 1.54) is 6.26 Å². The van der Waals surface area contributed by atoms with Crippen molar-refractivity contribution in [3.8, 4) is 11.5 Å². The molecule has 1 aliphatic carbocycles. The molecule has 1 saturated carbocycles. The first kappa shape index (κ1) is 17.8. The third-order valence-corrected chi connectivity index (χ3v) is 4.06. The molecule has 8 heteroatoms. The number of hydrogen-bond donors (Lipinski definition) is 2. The zero-order valence-corrected chi connectivity index (χ0v) is 14.7. The van der Waals surface area contributed by atoms with Crippen LogP contribution in [0.1, 0.15) is 28.9 Å². The number of methoxy groups -OCH3 is 2. The Hall–Kier alpha value is -3.03. The second-order valence-corrected chi connectivity index (χ2v) is 6.00. The van der Waals surface area contributed by atoms with Gasteiger partial charge in [0.1, 0.15) is 6.26 Å². The van der Waals surface area contributed by atoms with Crippen LogP contribution in [0.15, 0.2) is 28.9 Å². The molecule has 138 valence electrons. The maximum Gasteiger partial charge on any atom is 0.302 e. The number of carbonyl (C=O) groups is 2. The molecule has 2 aromatic rings. The lowest BCUT2D eigenvalue weighted by Gasteiger charge is -2.09. The molecule has 2 N–H and O–H groups in total. The van der Waals surface area contributed by atoms with E-state index in [4.69, 9.17) is 13.9 Å². The number of amides is 2. The number of nitrogens with one attached hydrogen (secondary N) is 2. The van der Waals surface area contributed by atoms with E-state index >= 15 is 0 Å². The summed E-state index contributed by atoms with van der Waals surface area (Å²) in [6.45, 7) is 0.422. The predicted molar refractivity (Wildman–Crippen MR) is 93.4 cm³/mol. The lowest BCUT2D eigenvalue weighted by Crippen LogP contribution is -2.26. The molecule has 2 amide bonds. The number of oxazole rings is 1. The topological polar surface area (TPSA) is 103 Å². The van der Waals surface area contributed by atoms with Gasteiger partial charge in [0.2, 0.25) is 5.91 Å². The Balaban J connectivity index is 1.49. The van der Waals surface area contributed by atoms with Crippen molar-refractivity contribution in [1.29, 1.82) is 0 Å². The highest BCUT2D eigenvalue weighted by Gasteiger charge is 2.30. The van der Waals surface area contributed by atoms with E-state index in [-0.39, 0.29) is 29.4 Å². The van der Waals surface area contributed by atoms with Crippen LogP contribution in [0.4, 0.5) is 6.01 Å². The van der Waals surface area contributed by atoms with Crippen molar-refractivity contribution in [2.45, 2.75) is 19.3 Å². The molecule has 8 nitrogen and oxygen atoms in total. The van der Waals surface area contributed by atoms with E-state index in [2.05, 4.69) is 15.6 Å². The number of rotatable bonds is 8. The molecule has 0 saturated heterocycles. The minimum Gasteiger partial charge on any atom is -0.493 e. The second kappa shape index (κ2) is 7.90. The van der Waals surface area contributed by atoms with E-state index < -0.39 is 0 Å². The fraction of sp³-hybridized carbons (Fsp3) is 0.389. The number of nitrogens with zero attached hydrogens (tertiary/aromatic N) is 1. The molecule has 0 spiro atoms. The van der Waals surface area contributed by atoms with Gasteiger partial charge in [0.15, 0.2) is 17.2 Å². The summed E-state index contributed by atoms with van der Waals surface area (Å²) in [5, 5.41) is 5.33. The first-order valence-corrected chi connectivity index (χ1v) is 8.36. The van der Waals surface area contributed by atoms with Crippen molar-refractivity contribution in [2.24, 2.45) is 5.92 Å². The molecule has 1 fully saturated rings. The van der Waals surface area contributed by atoms with Crippen LogP contribution in [0.2, 0.25) is 0 Å². The van der Waals surface area contributed by atoms with Gasteiger partial charge in [0.25, 0.3) is 5.91 Å². The van der Waals surface area contributed by atoms with Crippen LogP contribution < -0.4 is 20.1 Å². The Labute approximate surface area is 150 Å². The maximum absolute atomic E-state index is 12.1. The number of carbonyl (C=O) groups excluding carboxylic acids is 2. The number of hydrogen-bond acceptors (Lipinski definition) is 6. The van der Waals surface area contributed by atoms with Crippen LogP contribution in [0.25, 0.3) is 0 Å². The van der Waals surface area contributed by atoms with Gasteiger partial charge in [0.05, 0.1) is 14.2 Å². The summed E-state index contributed by atoms with van der Waals surface area (Å²) in [6.07, 6.45) is 3.62. The fourth-order valence-corrected chi connectivity index (χ4v) is 2.44. The highest BCUT2D eigenvalue weighted by atomic mass is 16.5. The fourth-order valence-electron chi connectivity index (χ4n) is 2.44. The zero-order valence-electron chi connectivity index (χ0n) is 14.7. The first-order valence-electron chi connectivity index (χ1n) is 8.36. The number of ether oxygens (including phenoxy) is 2. The summed E-state index contributed by atoms with van der Waals surface area (Å²) in [5.41, 5.74) is 1.13. The lowest BCUT2D eigenvalue weighted by atomic mass is 10.1. The van der Waals surface area contributed by atoms with Gasteiger partial charge in [-0.15, -0.1) is 0 Å². The Morgan fingerprint density at radius 3 is 2.69 bits per heavy atom. The highest BCUT2D eigenvalue weighted by molar-refractivity contribution is 5.94. The largest absolute Gasteiger partial charge is 0.493 e. The third kappa shape index (κ3) is 4.33. The van der Waals surface area contributed by atoms with E-state index in [0.29, 0.717) is 24.5 Å². The molecule has 1 heterocycles. The molecule has 26 heavy (non-hydrogen) atoms. The van der Waals surface area contributed by atoms with Gasteiger partial charge < -0.3 is 19.2 Å². The normalized spacial score (nSPS) is 13.2. The van der Waals surface area contributed by atoms with Gasteiger partial charge >= 0.3 is 6.01 Å². The quantitative estimate of drug-likeness (QED) is 0.747. The van der Waals surface area contributed by atoms with Gasteiger partial charge in [-0.1, -0.05) is 6.07 Å². The van der Waals surface area contributed by atoms with Crippen LogP contribution in [-0.4, -0.2) is 37.6 Å². The summed E-state index contributed by atoms with van der Waals surface area (Å²) >= 11 is 0. The van der Waals surface area contributed by atoms with E-state index in [1.54, 1.807) is 14.2 Å². The van der Waals surface area contributed by atoms with Crippen LogP contribution in [0.5, 0.6) is 11.5 Å². The van der Waals surface area contributed by atoms with Gasteiger partial charge in [-0.2, -0.15) is 4.98 Å². The summed E-state index contributed by atoms with van der Waals surface area (Å²) in [5.74, 6) is 0.863. The molecule has 0 unspecified atom stereocenters. The predicted octanol–water partition coefficient (Wildman–Crippen LogP) is 2.01. The summed E-state index contributed by atoms with van der Waals surface area (Å²) < 4.78 is 15.6. The van der Waals surface area contributed by atoms with Crippen molar-refractivity contribution in [3.63, 3.8) is 0 Å². The summed E-state index contributed by atoms with van der Waals surface area (Å²) in [6, 6.07) is 5.65. The molecule has 0 bridgehead atoms. The minimum atomic E-state index is -0.360. The monoisotopic (exact) mass is 359 g/mol. The molecular formula is C18H21N3O5. The first-order chi connectivity index (χ1) is 12.6. The number of benzene rings is 1. The van der Waals surface area contributed by atoms with E-state index in [1.807, 2.05) is 18.2 Å². The molecule has 1 aromatic carbocycles. The van der Waals surface area contributed by atoms with Crippen molar-refractivity contribution < 1.29 is 23.5 Å². The maximum atomic E-state index is 12.1. The zero-order chi connectivity index (χ0) is 18.5. The molecule has 3 rings (SSSR count). The molecule has 0 atom stereocenters. The number of aromatic nitrogens is 1. The molecule has 1 aliphatic rings. The van der Waals surface area contributed by atoms with Crippen molar-refractivity contribution in [3.05, 3.63) is 35.7 Å². The van der Waals surface area contributed by atoms with Gasteiger partial charge in [-0.25, -0.2) is 0 Å². The van der Waals surface area contributed by atoms with Crippen molar-refractivity contribution in [2.75, 3.05) is 26.1 Å². The van der Waals surface area contributed by atoms with Crippen LogP contribution >= 0.6 is 0 Å². The molecule has 0 aliphatic heterocycles. The lowest BCUT2D eigenvalue weighted by molar-refractivity contribution is -0.117. The van der Waals surface area contributed by atoms with Gasteiger partial charge in [-0.3, -0.25) is 14.9 Å². The SMILES string of the molecule is COc1ccc(CCNC(=O)c2coc(NC(=O)C3CC3)n2)cc1OC. The Kier molecular flexibility index (Phi) is 5.40. The van der Waals surface area contributed by atoms with E-state index in [0.717, 1.165) is 18.4 Å². The van der Waals surface area contributed by atoms with Gasteiger partial charge in [-0.05, 0) is 37.0 Å². The van der Waals surface area contributed by atoms with E-state index in [9.17, 15) is 9.59 Å². The smallest absolute Gasteiger partial charge is 0.302 e. The molecular weight excluding hydrogens is 338 g/mol. The minimum absolute atomic E-state index is 0.0423. The van der Waals surface area contributed by atoms with Crippen LogP contribution in [-0.2, 0) is 11.2 Å². The average molecular weight is 359 g/mol. The van der Waals surface area contributed by atoms with Gasteiger partial charge in [0, 0.05) is 12.5 Å². The molecule has 0 radical (unpaired) electrons. The van der Waals surface area contributed by atoms with Crippen molar-refractivity contribution >= 4 is 17.8 Å². The Morgan fingerprint density at radius 2 is 2.00 bits per heavy atom.